The normalized spacial score (nSPS) is 34.3. The number of alkyl halides is 1. The molecule has 0 saturated carbocycles. The van der Waals surface area contributed by atoms with Gasteiger partial charge in [-0.05, 0) is 26.2 Å². The number of aliphatic hydroxyl groups excluding tert-OH is 1. The molecule has 2 amide bonds. The molecule has 4 saturated heterocycles. The summed E-state index contributed by atoms with van der Waals surface area (Å²) < 4.78 is 17.1. The second-order valence-corrected chi connectivity index (χ2v) is 11.0. The van der Waals surface area contributed by atoms with E-state index >= 15 is 0 Å². The number of rotatable bonds is 12. The summed E-state index contributed by atoms with van der Waals surface area (Å²) in [6.45, 7) is 6.76. The molecule has 4 aliphatic rings. The van der Waals surface area contributed by atoms with Crippen molar-refractivity contribution in [2.45, 2.75) is 61.6 Å². The highest BCUT2D eigenvalue weighted by Gasteiger charge is 2.76. The number of nitrogens with zero attached hydrogens (tertiary/aromatic N) is 2. The summed E-state index contributed by atoms with van der Waals surface area (Å²) in [6.07, 6.45) is 3.14. The topological polar surface area (TPSA) is 118 Å². The van der Waals surface area contributed by atoms with Crippen LogP contribution in [0.1, 0.15) is 39.0 Å². The highest BCUT2D eigenvalue weighted by molar-refractivity contribution is 9.09. The number of unbranched alkanes of at least 4 members (excludes halogenated alkanes) is 3. The largest absolute Gasteiger partial charge is 0.466 e. The lowest BCUT2D eigenvalue weighted by molar-refractivity contribution is -0.154. The summed E-state index contributed by atoms with van der Waals surface area (Å²) in [6, 6.07) is -0.785. The number of esters is 1. The van der Waals surface area contributed by atoms with Crippen molar-refractivity contribution < 1.29 is 33.7 Å². The molecule has 2 bridgehead atoms. The zero-order chi connectivity index (χ0) is 25.0. The lowest BCUT2D eigenvalue weighted by Crippen LogP contribution is -2.56. The van der Waals surface area contributed by atoms with E-state index in [4.69, 9.17) is 19.3 Å². The van der Waals surface area contributed by atoms with E-state index in [2.05, 4.69) is 26.1 Å². The van der Waals surface area contributed by atoms with Crippen LogP contribution in [0.2, 0.25) is 0 Å². The minimum absolute atomic E-state index is 0.130. The number of fused-ring (bicyclic) bond motifs is 1. The van der Waals surface area contributed by atoms with Crippen LogP contribution >= 0.6 is 15.9 Å². The summed E-state index contributed by atoms with van der Waals surface area (Å²) in [5.74, 6) is -2.29. The summed E-state index contributed by atoms with van der Waals surface area (Å²) in [5.41, 5.74) is -1.04. The molecule has 10 nitrogen and oxygen atoms in total. The Hall–Kier alpha value is -1.27. The van der Waals surface area contributed by atoms with Crippen molar-refractivity contribution in [1.82, 2.24) is 15.1 Å². The molecule has 0 aromatic rings. The Morgan fingerprint density at radius 3 is 2.66 bits per heavy atom. The highest BCUT2D eigenvalue weighted by Crippen LogP contribution is 2.60. The number of carbonyl (C=O) groups excluding carboxylic acids is 3. The molecule has 0 aliphatic carbocycles. The minimum atomic E-state index is -1.04. The first-order valence-electron chi connectivity index (χ1n) is 12.9. The van der Waals surface area contributed by atoms with Crippen LogP contribution < -0.4 is 5.32 Å². The summed E-state index contributed by atoms with van der Waals surface area (Å²) in [5, 5.41) is 12.1. The monoisotopic (exact) mass is 559 g/mol. The van der Waals surface area contributed by atoms with Gasteiger partial charge in [-0.15, -0.1) is 0 Å². The Labute approximate surface area is 215 Å². The zero-order valence-electron chi connectivity index (χ0n) is 20.5. The smallest absolute Gasteiger partial charge is 0.312 e. The molecule has 198 valence electrons. The molecule has 35 heavy (non-hydrogen) atoms. The van der Waals surface area contributed by atoms with Crippen LogP contribution in [0.3, 0.4) is 0 Å². The van der Waals surface area contributed by atoms with E-state index in [0.717, 1.165) is 32.4 Å². The van der Waals surface area contributed by atoms with Gasteiger partial charge in [0.15, 0.2) is 0 Å². The number of ether oxygens (including phenoxy) is 3. The molecule has 6 atom stereocenters. The standard InChI is InChI=1S/C24H38BrN3O7/c1-2-34-23(32)17-18-22(31)28(8-5-3-4-6-12-29)20(24(18)15-16(25)19(17)35-24)21(30)26-7-9-27-10-13-33-14-11-27/h16-20,29H,2-15H2,1H3,(H,26,30)/t16?,17-,18+,19-,20-,24+/m1/s1. The summed E-state index contributed by atoms with van der Waals surface area (Å²) in [4.78, 5) is 44.0. The van der Waals surface area contributed by atoms with E-state index in [1.165, 1.54) is 0 Å². The average molecular weight is 560 g/mol. The second kappa shape index (κ2) is 11.9. The molecule has 4 rings (SSSR count). The van der Waals surface area contributed by atoms with Gasteiger partial charge in [-0.25, -0.2) is 0 Å². The molecule has 11 heteroatoms. The van der Waals surface area contributed by atoms with Gasteiger partial charge >= 0.3 is 5.97 Å². The first-order chi connectivity index (χ1) is 16.9. The van der Waals surface area contributed by atoms with Crippen molar-refractivity contribution in [2.75, 3.05) is 59.2 Å². The van der Waals surface area contributed by atoms with Crippen LogP contribution in [0.15, 0.2) is 0 Å². The number of halogens is 1. The fraction of sp³-hybridized carbons (Fsp3) is 0.875. The van der Waals surface area contributed by atoms with Crippen LogP contribution in [0.5, 0.6) is 0 Å². The van der Waals surface area contributed by atoms with Gasteiger partial charge in [0.05, 0.1) is 37.8 Å². The van der Waals surface area contributed by atoms with Crippen LogP contribution in [-0.4, -0.2) is 114 Å². The van der Waals surface area contributed by atoms with E-state index in [1.807, 2.05) is 0 Å². The molecule has 1 unspecified atom stereocenters. The van der Waals surface area contributed by atoms with Crippen LogP contribution in [0.4, 0.5) is 0 Å². The third kappa shape index (κ3) is 5.25. The third-order valence-corrected chi connectivity index (χ3v) is 8.58. The number of hydrogen-bond acceptors (Lipinski definition) is 8. The number of morpholine rings is 1. The first-order valence-corrected chi connectivity index (χ1v) is 13.8. The number of amides is 2. The van der Waals surface area contributed by atoms with Gasteiger partial charge < -0.3 is 29.5 Å². The molecule has 4 aliphatic heterocycles. The molecule has 0 aromatic carbocycles. The van der Waals surface area contributed by atoms with Crippen LogP contribution in [0, 0.1) is 11.8 Å². The quantitative estimate of drug-likeness (QED) is 0.199. The van der Waals surface area contributed by atoms with Gasteiger partial charge in [-0.3, -0.25) is 19.3 Å². The maximum Gasteiger partial charge on any atom is 0.312 e. The maximum absolute atomic E-state index is 13.7. The zero-order valence-corrected chi connectivity index (χ0v) is 22.0. The number of likely N-dealkylation sites (tertiary alicyclic amines) is 1. The Morgan fingerprint density at radius 1 is 1.20 bits per heavy atom. The fourth-order valence-electron chi connectivity index (χ4n) is 6.18. The molecule has 2 N–H and O–H groups in total. The average Bonchev–Trinajstić information content (AvgIpc) is 3.43. The van der Waals surface area contributed by atoms with E-state index in [-0.39, 0.29) is 29.9 Å². The van der Waals surface area contributed by atoms with Crippen molar-refractivity contribution >= 4 is 33.7 Å². The van der Waals surface area contributed by atoms with Crippen molar-refractivity contribution in [1.29, 1.82) is 0 Å². The predicted octanol–water partition coefficient (Wildman–Crippen LogP) is 0.299. The van der Waals surface area contributed by atoms with Gasteiger partial charge in [0, 0.05) is 44.2 Å². The fourth-order valence-corrected chi connectivity index (χ4v) is 7.13. The number of hydrogen-bond donors (Lipinski definition) is 2. The molecule has 4 heterocycles. The summed E-state index contributed by atoms with van der Waals surface area (Å²) >= 11 is 3.65. The van der Waals surface area contributed by atoms with Gasteiger partial charge in [-0.2, -0.15) is 0 Å². The Balaban J connectivity index is 1.51. The Kier molecular flexibility index (Phi) is 9.07. The first kappa shape index (κ1) is 26.8. The van der Waals surface area contributed by atoms with E-state index in [1.54, 1.807) is 11.8 Å². The van der Waals surface area contributed by atoms with Crippen LogP contribution in [0.25, 0.3) is 0 Å². The van der Waals surface area contributed by atoms with Gasteiger partial charge in [0.1, 0.15) is 11.6 Å². The van der Waals surface area contributed by atoms with Gasteiger partial charge in [0.25, 0.3) is 0 Å². The Morgan fingerprint density at radius 2 is 1.94 bits per heavy atom. The SMILES string of the molecule is CCOC(=O)[C@H]1[C@@H]2O[C@@]3(CC2Br)[C@@H]1C(=O)N(CCCCCCO)[C@@H]3C(=O)NCCN1CCOCC1. The van der Waals surface area contributed by atoms with E-state index < -0.39 is 35.6 Å². The number of nitrogens with one attached hydrogen (secondary N) is 1. The highest BCUT2D eigenvalue weighted by atomic mass is 79.9. The Bertz CT molecular complexity index is 780. The molecule has 0 aromatic heterocycles. The lowest BCUT2D eigenvalue weighted by atomic mass is 9.70. The minimum Gasteiger partial charge on any atom is -0.466 e. The van der Waals surface area contributed by atoms with Crippen LogP contribution in [-0.2, 0) is 28.6 Å². The van der Waals surface area contributed by atoms with Gasteiger partial charge in [-0.1, -0.05) is 28.8 Å². The number of aliphatic hydroxyl groups is 1. The van der Waals surface area contributed by atoms with Crippen molar-refractivity contribution in [2.24, 2.45) is 11.8 Å². The molecular weight excluding hydrogens is 522 g/mol. The maximum atomic E-state index is 13.7. The van der Waals surface area contributed by atoms with Crippen molar-refractivity contribution in [3.05, 3.63) is 0 Å². The molecule has 1 spiro atoms. The molecule has 0 radical (unpaired) electrons. The predicted molar refractivity (Wildman–Crippen MR) is 130 cm³/mol. The third-order valence-electron chi connectivity index (χ3n) is 7.73. The molecular formula is C24H38BrN3O7. The van der Waals surface area contributed by atoms with E-state index in [0.29, 0.717) is 45.7 Å². The second-order valence-electron chi connectivity index (χ2n) is 9.83. The number of carbonyl (C=O) groups is 3. The van der Waals surface area contributed by atoms with Crippen molar-refractivity contribution in [3.63, 3.8) is 0 Å². The molecule has 4 fully saturated rings. The van der Waals surface area contributed by atoms with Gasteiger partial charge in [0.2, 0.25) is 11.8 Å². The summed E-state index contributed by atoms with van der Waals surface area (Å²) in [7, 11) is 0. The van der Waals surface area contributed by atoms with E-state index in [9.17, 15) is 14.4 Å². The lowest BCUT2D eigenvalue weighted by Gasteiger charge is -2.34. The van der Waals surface area contributed by atoms with Crippen molar-refractivity contribution in [3.8, 4) is 0 Å².